The molecule has 4 heteroatoms. The van der Waals surface area contributed by atoms with Crippen molar-refractivity contribution in [2.75, 3.05) is 26.2 Å². The summed E-state index contributed by atoms with van der Waals surface area (Å²) in [6, 6.07) is 8.97. The Balaban J connectivity index is 1.23. The quantitative estimate of drug-likeness (QED) is 0.886. The van der Waals surface area contributed by atoms with Gasteiger partial charge in [-0.3, -0.25) is 4.79 Å². The largest absolute Gasteiger partial charge is 0.484 e. The summed E-state index contributed by atoms with van der Waals surface area (Å²) in [6.07, 6.45) is 8.60. The Morgan fingerprint density at radius 3 is 2.33 bits per heavy atom. The van der Waals surface area contributed by atoms with E-state index in [-0.39, 0.29) is 18.6 Å². The zero-order valence-corrected chi connectivity index (χ0v) is 16.5. The first kappa shape index (κ1) is 17.5. The molecule has 0 spiro atoms. The molecule has 1 N–H and O–H groups in total. The van der Waals surface area contributed by atoms with E-state index in [2.05, 4.69) is 36.5 Å². The lowest BCUT2D eigenvalue weighted by atomic mass is 9.48. The summed E-state index contributed by atoms with van der Waals surface area (Å²) in [4.78, 5) is 14.4. The molecule has 4 nitrogen and oxygen atoms in total. The maximum absolute atomic E-state index is 12.5. The van der Waals surface area contributed by atoms with Crippen molar-refractivity contribution in [2.45, 2.75) is 56.9 Å². The van der Waals surface area contributed by atoms with Crippen molar-refractivity contribution in [3.8, 4) is 5.75 Å². The van der Waals surface area contributed by atoms with Crippen LogP contribution in [0.1, 0.15) is 51.0 Å². The van der Waals surface area contributed by atoms with Crippen molar-refractivity contribution in [1.29, 1.82) is 0 Å². The fourth-order valence-electron chi connectivity index (χ4n) is 6.81. The van der Waals surface area contributed by atoms with Gasteiger partial charge in [0.05, 0.1) is 0 Å². The van der Waals surface area contributed by atoms with Crippen molar-refractivity contribution in [3.05, 3.63) is 29.8 Å². The number of hydrogen-bond acceptors (Lipinski definition) is 3. The van der Waals surface area contributed by atoms with Gasteiger partial charge in [-0.1, -0.05) is 12.1 Å². The van der Waals surface area contributed by atoms with Crippen LogP contribution in [0.4, 0.5) is 0 Å². The van der Waals surface area contributed by atoms with Crippen LogP contribution < -0.4 is 10.1 Å². The smallest absolute Gasteiger partial charge is 0.260 e. The number of carbonyl (C=O) groups is 1. The molecule has 1 aromatic rings. The van der Waals surface area contributed by atoms with Crippen LogP contribution in [0.15, 0.2) is 24.3 Å². The second-order valence-electron chi connectivity index (χ2n) is 9.65. The Morgan fingerprint density at radius 2 is 1.74 bits per heavy atom. The summed E-state index contributed by atoms with van der Waals surface area (Å²) in [6.45, 7) is 4.74. The summed E-state index contributed by atoms with van der Waals surface area (Å²) >= 11 is 0. The number of piperazine rings is 1. The van der Waals surface area contributed by atoms with Crippen LogP contribution in [0.3, 0.4) is 0 Å². The van der Waals surface area contributed by atoms with Crippen LogP contribution in [0.2, 0.25) is 0 Å². The topological polar surface area (TPSA) is 41.6 Å². The third-order valence-corrected chi connectivity index (χ3v) is 7.69. The van der Waals surface area contributed by atoms with Gasteiger partial charge in [0, 0.05) is 25.7 Å². The molecule has 1 atom stereocenters. The van der Waals surface area contributed by atoms with Gasteiger partial charge in [0.25, 0.3) is 5.91 Å². The van der Waals surface area contributed by atoms with Crippen LogP contribution in [0.25, 0.3) is 0 Å². The molecule has 5 aliphatic rings. The molecule has 1 amide bonds. The number of nitrogens with zero attached hydrogens (tertiary/aromatic N) is 1. The van der Waals surface area contributed by atoms with E-state index in [0.29, 0.717) is 5.41 Å². The number of amides is 1. The van der Waals surface area contributed by atoms with E-state index in [1.165, 1.54) is 44.1 Å². The van der Waals surface area contributed by atoms with Gasteiger partial charge in [-0.15, -0.1) is 0 Å². The third-order valence-electron chi connectivity index (χ3n) is 7.69. The zero-order chi connectivity index (χ0) is 18.4. The maximum Gasteiger partial charge on any atom is 0.260 e. The molecule has 146 valence electrons. The minimum Gasteiger partial charge on any atom is -0.484 e. The lowest BCUT2D eigenvalue weighted by molar-refractivity contribution is -0.136. The molecule has 1 aromatic carbocycles. The van der Waals surface area contributed by atoms with E-state index in [4.69, 9.17) is 4.74 Å². The highest BCUT2D eigenvalue weighted by Crippen LogP contribution is 2.60. The number of benzene rings is 1. The summed E-state index contributed by atoms with van der Waals surface area (Å²) in [5.74, 6) is 3.80. The molecule has 4 saturated carbocycles. The first-order valence-electron chi connectivity index (χ1n) is 10.8. The average molecular weight is 369 g/mol. The molecule has 6 rings (SSSR count). The van der Waals surface area contributed by atoms with E-state index in [9.17, 15) is 4.79 Å². The first-order valence-corrected chi connectivity index (χ1v) is 10.8. The van der Waals surface area contributed by atoms with Crippen LogP contribution in [-0.4, -0.2) is 43.1 Å². The fraction of sp³-hybridized carbons (Fsp3) is 0.696. The van der Waals surface area contributed by atoms with Gasteiger partial charge in [0.1, 0.15) is 5.75 Å². The normalized spacial score (nSPS) is 37.4. The van der Waals surface area contributed by atoms with Crippen LogP contribution in [0.5, 0.6) is 5.75 Å². The minimum atomic E-state index is 0.0918. The molecular formula is C23H32N2O2. The van der Waals surface area contributed by atoms with E-state index in [1.54, 1.807) is 0 Å². The number of nitrogens with one attached hydrogen (secondary N) is 1. The fourth-order valence-corrected chi connectivity index (χ4v) is 6.81. The summed E-state index contributed by atoms with van der Waals surface area (Å²) in [5.41, 5.74) is 1.94. The monoisotopic (exact) mass is 368 g/mol. The lowest BCUT2D eigenvalue weighted by Crippen LogP contribution is -2.53. The van der Waals surface area contributed by atoms with Gasteiger partial charge in [0.2, 0.25) is 0 Å². The Labute approximate surface area is 162 Å². The molecule has 0 radical (unpaired) electrons. The molecule has 1 aliphatic heterocycles. The van der Waals surface area contributed by atoms with E-state index in [1.807, 2.05) is 4.90 Å². The Hall–Kier alpha value is -1.55. The zero-order valence-electron chi connectivity index (χ0n) is 16.5. The number of hydrogen-bond donors (Lipinski definition) is 1. The maximum atomic E-state index is 12.5. The van der Waals surface area contributed by atoms with Gasteiger partial charge in [-0.25, -0.2) is 0 Å². The third kappa shape index (κ3) is 3.26. The molecule has 1 heterocycles. The standard InChI is InChI=1S/C23H32N2O2/c1-16-14-24-6-7-25(16)22(26)15-27-21-4-2-20(3-5-21)23-11-17-8-18(12-23)10-19(9-17)13-23/h2-5,16-19,24H,6-15H2,1H3/t16-,17?,18?,19?,23?/m0/s1. The van der Waals surface area contributed by atoms with E-state index in [0.717, 1.165) is 43.1 Å². The highest BCUT2D eigenvalue weighted by molar-refractivity contribution is 5.78. The molecule has 4 aliphatic carbocycles. The lowest BCUT2D eigenvalue weighted by Gasteiger charge is -2.57. The molecule has 1 saturated heterocycles. The first-order chi connectivity index (χ1) is 13.1. The van der Waals surface area contributed by atoms with Crippen molar-refractivity contribution in [2.24, 2.45) is 17.8 Å². The molecular weight excluding hydrogens is 336 g/mol. The predicted molar refractivity (Wildman–Crippen MR) is 106 cm³/mol. The Bertz CT molecular complexity index is 664. The molecule has 4 bridgehead atoms. The molecule has 0 unspecified atom stereocenters. The van der Waals surface area contributed by atoms with Gasteiger partial charge in [0.15, 0.2) is 6.61 Å². The number of ether oxygens (including phenoxy) is 1. The van der Waals surface area contributed by atoms with E-state index < -0.39 is 0 Å². The molecule has 5 fully saturated rings. The van der Waals surface area contributed by atoms with E-state index >= 15 is 0 Å². The summed E-state index contributed by atoms with van der Waals surface area (Å²) in [5, 5.41) is 3.32. The second-order valence-corrected chi connectivity index (χ2v) is 9.65. The van der Waals surface area contributed by atoms with Crippen molar-refractivity contribution >= 4 is 5.91 Å². The minimum absolute atomic E-state index is 0.0918. The highest BCUT2D eigenvalue weighted by Gasteiger charge is 2.51. The van der Waals surface area contributed by atoms with Crippen LogP contribution in [0, 0.1) is 17.8 Å². The van der Waals surface area contributed by atoms with Crippen LogP contribution in [-0.2, 0) is 10.2 Å². The summed E-state index contributed by atoms with van der Waals surface area (Å²) < 4.78 is 5.83. The number of rotatable bonds is 4. The second kappa shape index (κ2) is 6.80. The van der Waals surface area contributed by atoms with Crippen molar-refractivity contribution in [3.63, 3.8) is 0 Å². The Morgan fingerprint density at radius 1 is 1.11 bits per heavy atom. The SMILES string of the molecule is C[C@H]1CNCCN1C(=O)COc1ccc(C23CC4CC(CC(C4)C2)C3)cc1. The predicted octanol–water partition coefficient (Wildman–Crippen LogP) is 3.35. The van der Waals surface area contributed by atoms with Crippen molar-refractivity contribution in [1.82, 2.24) is 10.2 Å². The van der Waals surface area contributed by atoms with Gasteiger partial charge in [-0.05, 0) is 86.3 Å². The van der Waals surface area contributed by atoms with Crippen LogP contribution >= 0.6 is 0 Å². The molecule has 0 aromatic heterocycles. The average Bonchev–Trinajstić information content (AvgIpc) is 2.66. The highest BCUT2D eigenvalue weighted by atomic mass is 16.5. The summed E-state index contributed by atoms with van der Waals surface area (Å²) in [7, 11) is 0. The van der Waals surface area contributed by atoms with Gasteiger partial charge >= 0.3 is 0 Å². The van der Waals surface area contributed by atoms with Crippen molar-refractivity contribution < 1.29 is 9.53 Å². The van der Waals surface area contributed by atoms with Gasteiger partial charge < -0.3 is 15.0 Å². The number of carbonyl (C=O) groups excluding carboxylic acids is 1. The Kier molecular flexibility index (Phi) is 4.42. The molecule has 27 heavy (non-hydrogen) atoms. The van der Waals surface area contributed by atoms with Gasteiger partial charge in [-0.2, -0.15) is 0 Å².